The lowest BCUT2D eigenvalue weighted by Gasteiger charge is -2.08. The second kappa shape index (κ2) is 8.30. The standard InChI is InChI=1S/C22H23N5O2S/c23-15-20-21(26-27(22(20)24)18-8-2-1-3-9-18)10-5-13-25-30(28,29)19-12-11-16-6-4-7-17(16)14-19/h1-3,8-9,11-12,14,25H,4-7,10,13,24H2. The minimum atomic E-state index is -3.56. The normalized spacial score (nSPS) is 13.2. The molecule has 0 atom stereocenters. The molecule has 1 aliphatic carbocycles. The first-order chi connectivity index (χ1) is 14.5. The van der Waals surface area contributed by atoms with Crippen LogP contribution in [0.3, 0.4) is 0 Å². The second-order valence-electron chi connectivity index (χ2n) is 7.35. The van der Waals surface area contributed by atoms with Gasteiger partial charge >= 0.3 is 0 Å². The summed E-state index contributed by atoms with van der Waals surface area (Å²) in [6.07, 6.45) is 3.97. The van der Waals surface area contributed by atoms with E-state index in [0.717, 1.165) is 30.5 Å². The number of fused-ring (bicyclic) bond motifs is 1. The fraction of sp³-hybridized carbons (Fsp3) is 0.273. The summed E-state index contributed by atoms with van der Waals surface area (Å²) in [4.78, 5) is 0.304. The number of aryl methyl sites for hydroxylation is 3. The molecule has 3 N–H and O–H groups in total. The smallest absolute Gasteiger partial charge is 0.240 e. The zero-order chi connectivity index (χ0) is 21.1. The predicted octanol–water partition coefficient (Wildman–Crippen LogP) is 2.73. The summed E-state index contributed by atoms with van der Waals surface area (Å²) in [6, 6.07) is 16.8. The van der Waals surface area contributed by atoms with Crippen LogP contribution in [0, 0.1) is 11.3 Å². The molecule has 3 aromatic rings. The number of aromatic nitrogens is 2. The zero-order valence-electron chi connectivity index (χ0n) is 16.5. The molecule has 154 valence electrons. The van der Waals surface area contributed by atoms with Crippen LogP contribution in [0.25, 0.3) is 5.69 Å². The van der Waals surface area contributed by atoms with Crippen LogP contribution in [0.4, 0.5) is 5.82 Å². The van der Waals surface area contributed by atoms with E-state index in [0.29, 0.717) is 29.0 Å². The molecule has 0 aliphatic heterocycles. The minimum absolute atomic E-state index is 0.252. The molecule has 1 aromatic heterocycles. The summed E-state index contributed by atoms with van der Waals surface area (Å²) in [5.41, 5.74) is 10.1. The fourth-order valence-corrected chi connectivity index (χ4v) is 4.93. The molecule has 2 aromatic carbocycles. The Morgan fingerprint density at radius 1 is 1.13 bits per heavy atom. The van der Waals surface area contributed by atoms with Gasteiger partial charge in [0.2, 0.25) is 10.0 Å². The summed E-state index contributed by atoms with van der Waals surface area (Å²) in [5, 5.41) is 14.0. The highest BCUT2D eigenvalue weighted by atomic mass is 32.2. The number of benzene rings is 2. The first-order valence-corrected chi connectivity index (χ1v) is 11.4. The average Bonchev–Trinajstić information content (AvgIpc) is 3.35. The topological polar surface area (TPSA) is 114 Å². The fourth-order valence-electron chi connectivity index (χ4n) is 3.80. The number of para-hydroxylation sites is 1. The van der Waals surface area contributed by atoms with Crippen LogP contribution in [0.2, 0.25) is 0 Å². The van der Waals surface area contributed by atoms with Gasteiger partial charge < -0.3 is 5.73 Å². The Kier molecular flexibility index (Phi) is 5.57. The highest BCUT2D eigenvalue weighted by Gasteiger charge is 2.19. The van der Waals surface area contributed by atoms with Gasteiger partial charge in [0.25, 0.3) is 0 Å². The molecular formula is C22H23N5O2S. The molecule has 1 aliphatic rings. The maximum Gasteiger partial charge on any atom is 0.240 e. The van der Waals surface area contributed by atoms with E-state index in [1.165, 1.54) is 5.56 Å². The molecule has 8 heteroatoms. The van der Waals surface area contributed by atoms with E-state index < -0.39 is 10.0 Å². The lowest BCUT2D eigenvalue weighted by atomic mass is 10.1. The van der Waals surface area contributed by atoms with E-state index in [2.05, 4.69) is 15.9 Å². The van der Waals surface area contributed by atoms with Gasteiger partial charge in [-0.3, -0.25) is 0 Å². The monoisotopic (exact) mass is 421 g/mol. The molecule has 0 spiro atoms. The van der Waals surface area contributed by atoms with Crippen molar-refractivity contribution in [1.29, 1.82) is 5.26 Å². The molecule has 1 heterocycles. The number of nitrogens with zero attached hydrogens (tertiary/aromatic N) is 3. The summed E-state index contributed by atoms with van der Waals surface area (Å²) >= 11 is 0. The average molecular weight is 422 g/mol. The van der Waals surface area contributed by atoms with Crippen molar-refractivity contribution in [2.75, 3.05) is 12.3 Å². The van der Waals surface area contributed by atoms with Crippen LogP contribution in [0.5, 0.6) is 0 Å². The third-order valence-corrected chi connectivity index (χ3v) is 6.83. The maximum absolute atomic E-state index is 12.6. The van der Waals surface area contributed by atoms with Gasteiger partial charge in [-0.1, -0.05) is 24.3 Å². The summed E-state index contributed by atoms with van der Waals surface area (Å²) in [6.45, 7) is 0.252. The van der Waals surface area contributed by atoms with E-state index in [1.54, 1.807) is 16.8 Å². The van der Waals surface area contributed by atoms with Gasteiger partial charge in [0.15, 0.2) is 0 Å². The summed E-state index contributed by atoms with van der Waals surface area (Å²) in [7, 11) is -3.56. The Morgan fingerprint density at radius 3 is 2.67 bits per heavy atom. The van der Waals surface area contributed by atoms with Crippen LogP contribution in [-0.4, -0.2) is 24.7 Å². The first kappa shape index (κ1) is 20.1. The highest BCUT2D eigenvalue weighted by molar-refractivity contribution is 7.89. The van der Waals surface area contributed by atoms with E-state index in [1.807, 2.05) is 36.4 Å². The minimum Gasteiger partial charge on any atom is -0.382 e. The second-order valence-corrected chi connectivity index (χ2v) is 9.12. The Hall–Kier alpha value is -3.15. The quantitative estimate of drug-likeness (QED) is 0.570. The molecule has 0 unspecified atom stereocenters. The third kappa shape index (κ3) is 3.95. The summed E-state index contributed by atoms with van der Waals surface area (Å²) in [5.74, 6) is 0.289. The Morgan fingerprint density at radius 2 is 1.90 bits per heavy atom. The van der Waals surface area contributed by atoms with Crippen LogP contribution < -0.4 is 10.5 Å². The molecular weight excluding hydrogens is 398 g/mol. The lowest BCUT2D eigenvalue weighted by molar-refractivity contribution is 0.578. The number of nitrogen functional groups attached to an aromatic ring is 1. The molecule has 0 amide bonds. The molecule has 0 saturated carbocycles. The van der Waals surface area contributed by atoms with E-state index in [-0.39, 0.29) is 12.4 Å². The van der Waals surface area contributed by atoms with Crippen molar-refractivity contribution in [1.82, 2.24) is 14.5 Å². The van der Waals surface area contributed by atoms with Crippen molar-refractivity contribution in [3.05, 3.63) is 70.9 Å². The maximum atomic E-state index is 12.6. The van der Waals surface area contributed by atoms with Gasteiger partial charge in [-0.25, -0.2) is 17.8 Å². The van der Waals surface area contributed by atoms with Gasteiger partial charge in [-0.15, -0.1) is 0 Å². The van der Waals surface area contributed by atoms with Gasteiger partial charge in [0.05, 0.1) is 16.3 Å². The van der Waals surface area contributed by atoms with Crippen LogP contribution in [0.1, 0.15) is 35.2 Å². The number of hydrogen-bond acceptors (Lipinski definition) is 5. The number of hydrogen-bond donors (Lipinski definition) is 2. The SMILES string of the molecule is N#Cc1c(CCCNS(=O)(=O)c2ccc3c(c2)CCC3)nn(-c2ccccc2)c1N. The van der Waals surface area contributed by atoms with Crippen molar-refractivity contribution in [3.8, 4) is 11.8 Å². The van der Waals surface area contributed by atoms with Gasteiger partial charge in [-0.05, 0) is 67.5 Å². The number of nitrogens with one attached hydrogen (secondary N) is 1. The van der Waals surface area contributed by atoms with Crippen LogP contribution in [-0.2, 0) is 29.3 Å². The largest absolute Gasteiger partial charge is 0.382 e. The molecule has 0 bridgehead atoms. The van der Waals surface area contributed by atoms with Crippen LogP contribution >= 0.6 is 0 Å². The first-order valence-electron chi connectivity index (χ1n) is 9.94. The van der Waals surface area contributed by atoms with Gasteiger partial charge in [-0.2, -0.15) is 10.4 Å². The molecule has 7 nitrogen and oxygen atoms in total. The van der Waals surface area contributed by atoms with Crippen molar-refractivity contribution in [2.24, 2.45) is 0 Å². The predicted molar refractivity (Wildman–Crippen MR) is 115 cm³/mol. The lowest BCUT2D eigenvalue weighted by Crippen LogP contribution is -2.25. The molecule has 30 heavy (non-hydrogen) atoms. The molecule has 0 fully saturated rings. The number of anilines is 1. The van der Waals surface area contributed by atoms with E-state index in [4.69, 9.17) is 5.73 Å². The third-order valence-electron chi connectivity index (χ3n) is 5.37. The molecule has 4 rings (SSSR count). The van der Waals surface area contributed by atoms with E-state index in [9.17, 15) is 13.7 Å². The van der Waals surface area contributed by atoms with Crippen LogP contribution in [0.15, 0.2) is 53.4 Å². The van der Waals surface area contributed by atoms with Crippen molar-refractivity contribution >= 4 is 15.8 Å². The summed E-state index contributed by atoms with van der Waals surface area (Å²) < 4.78 is 29.4. The Bertz CT molecular complexity index is 1210. The number of nitrogens with two attached hydrogens (primary N) is 1. The zero-order valence-corrected chi connectivity index (χ0v) is 17.3. The van der Waals surface area contributed by atoms with Crippen molar-refractivity contribution in [3.63, 3.8) is 0 Å². The molecule has 0 radical (unpaired) electrons. The number of rotatable bonds is 7. The Balaban J connectivity index is 1.42. The Labute approximate surface area is 176 Å². The van der Waals surface area contributed by atoms with Crippen molar-refractivity contribution in [2.45, 2.75) is 37.0 Å². The van der Waals surface area contributed by atoms with E-state index >= 15 is 0 Å². The van der Waals surface area contributed by atoms with Gasteiger partial charge in [0, 0.05) is 6.54 Å². The number of nitriles is 1. The van der Waals surface area contributed by atoms with Gasteiger partial charge in [0.1, 0.15) is 17.5 Å². The number of sulfonamides is 1. The van der Waals surface area contributed by atoms with Crippen molar-refractivity contribution < 1.29 is 8.42 Å². The highest BCUT2D eigenvalue weighted by Crippen LogP contribution is 2.25. The molecule has 0 saturated heterocycles.